The van der Waals surface area contributed by atoms with Crippen LogP contribution in [0.25, 0.3) is 0 Å². The summed E-state index contributed by atoms with van der Waals surface area (Å²) < 4.78 is 22.9. The van der Waals surface area contributed by atoms with Gasteiger partial charge in [-0.15, -0.1) is 0 Å². The molecule has 6 atom stereocenters. The average Bonchev–Trinajstić information content (AvgIpc) is 3.24. The van der Waals surface area contributed by atoms with Crippen LogP contribution in [0, 0.1) is 0 Å². The van der Waals surface area contributed by atoms with E-state index in [9.17, 15) is 25.2 Å². The van der Waals surface area contributed by atoms with Gasteiger partial charge in [-0.05, 0) is 51.4 Å². The molecule has 0 aromatic rings. The third-order valence-electron chi connectivity index (χ3n) is 11.0. The van der Waals surface area contributed by atoms with Gasteiger partial charge in [0.1, 0.15) is 30.5 Å². The first-order valence-corrected chi connectivity index (χ1v) is 24.2. The number of rotatable bonds is 41. The van der Waals surface area contributed by atoms with Crippen molar-refractivity contribution in [3.63, 3.8) is 0 Å². The third-order valence-corrected chi connectivity index (χ3v) is 11.0. The van der Waals surface area contributed by atoms with Crippen molar-refractivity contribution in [1.82, 2.24) is 0 Å². The predicted octanol–water partition coefficient (Wildman–Crippen LogP) is 11.3. The first kappa shape index (κ1) is 55.2. The van der Waals surface area contributed by atoms with E-state index in [1.165, 1.54) is 109 Å². The lowest BCUT2D eigenvalue weighted by atomic mass is 9.99. The molecule has 6 unspecified atom stereocenters. The van der Waals surface area contributed by atoms with Crippen LogP contribution in [0.2, 0.25) is 0 Å². The van der Waals surface area contributed by atoms with Crippen molar-refractivity contribution < 1.29 is 44.2 Å². The van der Waals surface area contributed by atoms with E-state index in [-0.39, 0.29) is 19.2 Å². The largest absolute Gasteiger partial charge is 0.457 e. The van der Waals surface area contributed by atoms with Crippen LogP contribution in [-0.2, 0) is 23.7 Å². The zero-order valence-corrected chi connectivity index (χ0v) is 37.7. The maximum atomic E-state index is 12.8. The number of carbonyl (C=O) groups excluding carboxylic acids is 1. The summed E-state index contributed by atoms with van der Waals surface area (Å²) in [5.74, 6) is -0.316. The molecule has 0 saturated carbocycles. The standard InChI is InChI=1S/C50H90O9/c1-3-5-7-9-11-13-15-17-19-21-22-23-24-26-28-30-32-34-36-38-40-56-42-44(43-57-50-49(55)48(54)47(53)45(41-51)59-50)58-46(52)39-37-35-33-31-29-27-25-20-18-16-14-12-10-8-6-4-2/h5,7,11,13,17,19,22-23,44-45,47-51,53-55H,3-4,6,8-10,12,14-16,18,20-21,24-43H2,1-2H3/b7-5-,13-11-,19-17-,23-22-. The molecule has 0 aliphatic carbocycles. The molecule has 1 fully saturated rings. The second-order valence-electron chi connectivity index (χ2n) is 16.5. The van der Waals surface area contributed by atoms with Crippen molar-refractivity contribution in [3.8, 4) is 0 Å². The summed E-state index contributed by atoms with van der Waals surface area (Å²) in [6, 6.07) is 0. The summed E-state index contributed by atoms with van der Waals surface area (Å²) in [7, 11) is 0. The third kappa shape index (κ3) is 32.5. The fourth-order valence-corrected chi connectivity index (χ4v) is 7.25. The molecule has 1 rings (SSSR count). The second kappa shape index (κ2) is 41.5. The lowest BCUT2D eigenvalue weighted by molar-refractivity contribution is -0.305. The lowest BCUT2D eigenvalue weighted by Crippen LogP contribution is -2.59. The van der Waals surface area contributed by atoms with Gasteiger partial charge >= 0.3 is 5.97 Å². The summed E-state index contributed by atoms with van der Waals surface area (Å²) in [6.07, 6.45) is 44.2. The van der Waals surface area contributed by atoms with E-state index in [0.29, 0.717) is 13.0 Å². The Labute approximate surface area is 361 Å². The maximum Gasteiger partial charge on any atom is 0.306 e. The SMILES string of the molecule is CC/C=C\C/C=C\C/C=C\C/C=C\CCCCCCCCCOCC(COC1OC(CO)C(O)C(O)C1O)OC(=O)CCCCCCCCCCCCCCCCCC. The van der Waals surface area contributed by atoms with Crippen molar-refractivity contribution in [3.05, 3.63) is 48.6 Å². The molecule has 1 saturated heterocycles. The molecular formula is C50H90O9. The number of ether oxygens (including phenoxy) is 4. The molecule has 1 aliphatic rings. The van der Waals surface area contributed by atoms with E-state index in [1.807, 2.05) is 0 Å². The van der Waals surface area contributed by atoms with Gasteiger partial charge in [0, 0.05) is 13.0 Å². The van der Waals surface area contributed by atoms with Gasteiger partial charge in [-0.3, -0.25) is 4.79 Å². The molecule has 4 N–H and O–H groups in total. The Balaban J connectivity index is 2.24. The number of carbonyl (C=O) groups is 1. The molecule has 0 radical (unpaired) electrons. The fraction of sp³-hybridized carbons (Fsp3) is 0.820. The Morgan fingerprint density at radius 1 is 0.559 bits per heavy atom. The van der Waals surface area contributed by atoms with Crippen LogP contribution in [0.15, 0.2) is 48.6 Å². The average molecular weight is 835 g/mol. The Bertz CT molecular complexity index is 1040. The molecule has 1 heterocycles. The number of unbranched alkanes of at least 4 members (excludes halogenated alkanes) is 22. The van der Waals surface area contributed by atoms with E-state index in [4.69, 9.17) is 18.9 Å². The summed E-state index contributed by atoms with van der Waals surface area (Å²) in [5.41, 5.74) is 0. The van der Waals surface area contributed by atoms with Crippen molar-refractivity contribution in [2.24, 2.45) is 0 Å². The molecule has 0 aromatic heterocycles. The van der Waals surface area contributed by atoms with E-state index in [0.717, 1.165) is 70.6 Å². The fourth-order valence-electron chi connectivity index (χ4n) is 7.25. The van der Waals surface area contributed by atoms with Crippen LogP contribution in [0.4, 0.5) is 0 Å². The minimum Gasteiger partial charge on any atom is -0.457 e. The van der Waals surface area contributed by atoms with Crippen LogP contribution in [0.1, 0.15) is 200 Å². The highest BCUT2D eigenvalue weighted by Gasteiger charge is 2.44. The van der Waals surface area contributed by atoms with E-state index >= 15 is 0 Å². The zero-order chi connectivity index (χ0) is 42.9. The Kier molecular flexibility index (Phi) is 38.8. The molecule has 0 spiro atoms. The minimum absolute atomic E-state index is 0.117. The summed E-state index contributed by atoms with van der Waals surface area (Å²) in [6.45, 7) is 4.44. The molecular weight excluding hydrogens is 745 g/mol. The van der Waals surface area contributed by atoms with Crippen LogP contribution in [0.5, 0.6) is 0 Å². The molecule has 59 heavy (non-hydrogen) atoms. The molecule has 9 heteroatoms. The van der Waals surface area contributed by atoms with Crippen molar-refractivity contribution in [2.45, 2.75) is 237 Å². The Morgan fingerprint density at radius 3 is 1.56 bits per heavy atom. The lowest BCUT2D eigenvalue weighted by Gasteiger charge is -2.39. The number of hydrogen-bond acceptors (Lipinski definition) is 9. The normalized spacial score (nSPS) is 20.5. The zero-order valence-electron chi connectivity index (χ0n) is 37.7. The first-order valence-electron chi connectivity index (χ1n) is 24.2. The number of allylic oxidation sites excluding steroid dienone is 8. The number of hydrogen-bond donors (Lipinski definition) is 4. The van der Waals surface area contributed by atoms with Crippen molar-refractivity contribution >= 4 is 5.97 Å². The Morgan fingerprint density at radius 2 is 1.03 bits per heavy atom. The molecule has 344 valence electrons. The van der Waals surface area contributed by atoms with Crippen molar-refractivity contribution in [1.29, 1.82) is 0 Å². The van der Waals surface area contributed by atoms with Gasteiger partial charge in [-0.1, -0.05) is 191 Å². The van der Waals surface area contributed by atoms with Gasteiger partial charge in [-0.25, -0.2) is 0 Å². The van der Waals surface area contributed by atoms with Gasteiger partial charge in [0.2, 0.25) is 0 Å². The van der Waals surface area contributed by atoms with Crippen LogP contribution in [-0.4, -0.2) is 89.6 Å². The smallest absolute Gasteiger partial charge is 0.306 e. The monoisotopic (exact) mass is 835 g/mol. The minimum atomic E-state index is -1.54. The van der Waals surface area contributed by atoms with Crippen LogP contribution in [0.3, 0.4) is 0 Å². The summed E-state index contributed by atoms with van der Waals surface area (Å²) in [5, 5.41) is 40.2. The summed E-state index contributed by atoms with van der Waals surface area (Å²) >= 11 is 0. The Hall–Kier alpha value is -1.85. The predicted molar refractivity (Wildman–Crippen MR) is 242 cm³/mol. The highest BCUT2D eigenvalue weighted by Crippen LogP contribution is 2.23. The van der Waals surface area contributed by atoms with Gasteiger partial charge in [0.25, 0.3) is 0 Å². The molecule has 0 amide bonds. The maximum absolute atomic E-state index is 12.8. The van der Waals surface area contributed by atoms with Crippen LogP contribution >= 0.6 is 0 Å². The number of esters is 1. The molecule has 1 aliphatic heterocycles. The van der Waals surface area contributed by atoms with E-state index < -0.39 is 43.4 Å². The molecule has 0 bridgehead atoms. The van der Waals surface area contributed by atoms with Crippen molar-refractivity contribution in [2.75, 3.05) is 26.4 Å². The van der Waals surface area contributed by atoms with Gasteiger partial charge in [0.15, 0.2) is 6.29 Å². The van der Waals surface area contributed by atoms with E-state index in [1.54, 1.807) is 0 Å². The molecule has 0 aromatic carbocycles. The first-order chi connectivity index (χ1) is 28.9. The van der Waals surface area contributed by atoms with Gasteiger partial charge < -0.3 is 39.4 Å². The number of aliphatic hydroxyl groups is 4. The molecule has 9 nitrogen and oxygen atoms in total. The highest BCUT2D eigenvalue weighted by molar-refractivity contribution is 5.69. The highest BCUT2D eigenvalue weighted by atomic mass is 16.7. The van der Waals surface area contributed by atoms with Gasteiger partial charge in [-0.2, -0.15) is 0 Å². The van der Waals surface area contributed by atoms with Crippen LogP contribution < -0.4 is 0 Å². The summed E-state index contributed by atoms with van der Waals surface area (Å²) in [4.78, 5) is 12.8. The van der Waals surface area contributed by atoms with E-state index in [2.05, 4.69) is 62.5 Å². The topological polar surface area (TPSA) is 135 Å². The second-order valence-corrected chi connectivity index (χ2v) is 16.5. The number of aliphatic hydroxyl groups excluding tert-OH is 4. The van der Waals surface area contributed by atoms with Gasteiger partial charge in [0.05, 0.1) is 19.8 Å². The quantitative estimate of drug-likeness (QED) is 0.0270.